The van der Waals surface area contributed by atoms with Gasteiger partial charge in [0.25, 0.3) is 0 Å². The van der Waals surface area contributed by atoms with Crippen molar-refractivity contribution in [2.24, 2.45) is 0 Å². The molecule has 2 rings (SSSR count). The molecule has 1 heterocycles. The summed E-state index contributed by atoms with van der Waals surface area (Å²) < 4.78 is 0. The molecule has 1 fully saturated rings. The van der Waals surface area contributed by atoms with Crippen molar-refractivity contribution in [3.8, 4) is 0 Å². The highest BCUT2D eigenvalue weighted by molar-refractivity contribution is 5.85. The molecule has 1 aliphatic heterocycles. The van der Waals surface area contributed by atoms with Crippen molar-refractivity contribution in [2.75, 3.05) is 13.1 Å². The first-order valence-corrected chi connectivity index (χ1v) is 5.67. The van der Waals surface area contributed by atoms with Crippen LogP contribution in [0.5, 0.6) is 0 Å². The Hall–Kier alpha value is -0.240. The lowest BCUT2D eigenvalue weighted by atomic mass is 10.0. The zero-order valence-corrected chi connectivity index (χ0v) is 11.4. The Morgan fingerprint density at radius 1 is 0.938 bits per heavy atom. The average Bonchev–Trinajstić information content (AvgIpc) is 2.30. The first-order chi connectivity index (χ1) is 6.88. The van der Waals surface area contributed by atoms with Gasteiger partial charge in [0.15, 0.2) is 0 Å². The molecule has 1 aromatic rings. The fraction of sp³-hybridized carbons (Fsp3) is 0.538. The summed E-state index contributed by atoms with van der Waals surface area (Å²) in [5.74, 6) is 0. The van der Waals surface area contributed by atoms with E-state index in [2.05, 4.69) is 42.2 Å². The molecule has 1 unspecified atom stereocenters. The van der Waals surface area contributed by atoms with Crippen molar-refractivity contribution in [1.82, 2.24) is 4.90 Å². The predicted molar refractivity (Wildman–Crippen MR) is 74.8 cm³/mol. The summed E-state index contributed by atoms with van der Waals surface area (Å²) in [4.78, 5) is 2.60. The van der Waals surface area contributed by atoms with E-state index < -0.39 is 0 Å². The van der Waals surface area contributed by atoms with E-state index in [0.717, 1.165) is 0 Å². The lowest BCUT2D eigenvalue weighted by Crippen LogP contribution is -2.32. The SMILES string of the molecule is CC(c1ccccc1)N1CCCCC1.Cl.Cl. The smallest absolute Gasteiger partial charge is 0.0319 e. The Bertz CT molecular complexity index is 271. The minimum Gasteiger partial charge on any atom is -0.297 e. The minimum atomic E-state index is 0. The van der Waals surface area contributed by atoms with Crippen LogP contribution in [0.25, 0.3) is 0 Å². The first kappa shape index (κ1) is 15.8. The van der Waals surface area contributed by atoms with Gasteiger partial charge in [0, 0.05) is 6.04 Å². The molecule has 1 aliphatic rings. The predicted octanol–water partition coefficient (Wildman–Crippen LogP) is 4.08. The number of rotatable bonds is 2. The van der Waals surface area contributed by atoms with Crippen LogP contribution in [0.1, 0.15) is 37.8 Å². The highest BCUT2D eigenvalue weighted by Crippen LogP contribution is 2.23. The third kappa shape index (κ3) is 3.97. The molecule has 0 spiro atoms. The molecule has 0 N–H and O–H groups in total. The molecule has 0 bridgehead atoms. The van der Waals surface area contributed by atoms with E-state index in [0.29, 0.717) is 6.04 Å². The van der Waals surface area contributed by atoms with Gasteiger partial charge in [-0.3, -0.25) is 4.90 Å². The zero-order valence-electron chi connectivity index (χ0n) is 9.76. The van der Waals surface area contributed by atoms with Crippen LogP contribution in [0.4, 0.5) is 0 Å². The van der Waals surface area contributed by atoms with E-state index in [1.165, 1.54) is 37.9 Å². The highest BCUT2D eigenvalue weighted by atomic mass is 35.5. The van der Waals surface area contributed by atoms with Gasteiger partial charge in [0.2, 0.25) is 0 Å². The van der Waals surface area contributed by atoms with Crippen molar-refractivity contribution in [3.05, 3.63) is 35.9 Å². The number of likely N-dealkylation sites (tertiary alicyclic amines) is 1. The van der Waals surface area contributed by atoms with Crippen LogP contribution in [0.15, 0.2) is 30.3 Å². The van der Waals surface area contributed by atoms with Gasteiger partial charge in [-0.05, 0) is 38.4 Å². The molecule has 0 radical (unpaired) electrons. The van der Waals surface area contributed by atoms with Crippen LogP contribution in [0, 0.1) is 0 Å². The van der Waals surface area contributed by atoms with Gasteiger partial charge >= 0.3 is 0 Å². The van der Waals surface area contributed by atoms with Gasteiger partial charge in [0.1, 0.15) is 0 Å². The molecule has 1 nitrogen and oxygen atoms in total. The molecular formula is C13H21Cl2N. The van der Waals surface area contributed by atoms with E-state index in [1.807, 2.05) is 0 Å². The molecular weight excluding hydrogens is 241 g/mol. The second-order valence-electron chi connectivity index (χ2n) is 4.18. The number of piperidine rings is 1. The molecule has 16 heavy (non-hydrogen) atoms. The van der Waals surface area contributed by atoms with Crippen molar-refractivity contribution >= 4 is 24.8 Å². The molecule has 1 aromatic carbocycles. The number of nitrogens with zero attached hydrogens (tertiary/aromatic N) is 1. The number of hydrogen-bond acceptors (Lipinski definition) is 1. The Balaban J connectivity index is 0.00000112. The lowest BCUT2D eigenvalue weighted by molar-refractivity contribution is 0.175. The molecule has 92 valence electrons. The standard InChI is InChI=1S/C13H19N.2ClH/c1-12(13-8-4-2-5-9-13)14-10-6-3-7-11-14;;/h2,4-5,8-9,12H,3,6-7,10-11H2,1H3;2*1H. The normalized spacial score (nSPS) is 18.1. The quantitative estimate of drug-likeness (QED) is 0.776. The second kappa shape index (κ2) is 7.94. The van der Waals surface area contributed by atoms with E-state index in [1.54, 1.807) is 0 Å². The summed E-state index contributed by atoms with van der Waals surface area (Å²) in [5, 5.41) is 0. The molecule has 1 saturated heterocycles. The van der Waals surface area contributed by atoms with Gasteiger partial charge in [-0.15, -0.1) is 24.8 Å². The maximum absolute atomic E-state index is 2.60. The summed E-state index contributed by atoms with van der Waals surface area (Å²) >= 11 is 0. The Morgan fingerprint density at radius 2 is 1.50 bits per heavy atom. The third-order valence-electron chi connectivity index (χ3n) is 3.22. The van der Waals surface area contributed by atoms with Crippen LogP contribution in [0.2, 0.25) is 0 Å². The Labute approximate surface area is 111 Å². The molecule has 1 atom stereocenters. The van der Waals surface area contributed by atoms with Crippen molar-refractivity contribution < 1.29 is 0 Å². The second-order valence-corrected chi connectivity index (χ2v) is 4.18. The van der Waals surface area contributed by atoms with E-state index in [9.17, 15) is 0 Å². The molecule has 0 saturated carbocycles. The largest absolute Gasteiger partial charge is 0.297 e. The number of benzene rings is 1. The third-order valence-corrected chi connectivity index (χ3v) is 3.22. The molecule has 0 aromatic heterocycles. The van der Waals surface area contributed by atoms with Crippen LogP contribution in [0.3, 0.4) is 0 Å². The summed E-state index contributed by atoms with van der Waals surface area (Å²) in [6.07, 6.45) is 4.16. The highest BCUT2D eigenvalue weighted by Gasteiger charge is 2.17. The van der Waals surface area contributed by atoms with Crippen LogP contribution < -0.4 is 0 Å². The zero-order chi connectivity index (χ0) is 9.80. The minimum absolute atomic E-state index is 0. The molecule has 0 amide bonds. The van der Waals surface area contributed by atoms with Crippen molar-refractivity contribution in [2.45, 2.75) is 32.2 Å². The Kier molecular flexibility index (Phi) is 7.82. The fourth-order valence-corrected chi connectivity index (χ4v) is 2.25. The van der Waals surface area contributed by atoms with Gasteiger partial charge in [-0.2, -0.15) is 0 Å². The van der Waals surface area contributed by atoms with Crippen LogP contribution in [-0.4, -0.2) is 18.0 Å². The summed E-state index contributed by atoms with van der Waals surface area (Å²) in [5.41, 5.74) is 1.45. The number of halogens is 2. The number of hydrogen-bond donors (Lipinski definition) is 0. The van der Waals surface area contributed by atoms with Gasteiger partial charge in [-0.1, -0.05) is 36.8 Å². The topological polar surface area (TPSA) is 3.24 Å². The van der Waals surface area contributed by atoms with Gasteiger partial charge in [-0.25, -0.2) is 0 Å². The maximum atomic E-state index is 2.60. The summed E-state index contributed by atoms with van der Waals surface area (Å²) in [6, 6.07) is 11.4. The molecule has 3 heteroatoms. The van der Waals surface area contributed by atoms with Crippen molar-refractivity contribution in [1.29, 1.82) is 0 Å². The van der Waals surface area contributed by atoms with Gasteiger partial charge < -0.3 is 0 Å². The lowest BCUT2D eigenvalue weighted by Gasteiger charge is -2.32. The van der Waals surface area contributed by atoms with Crippen LogP contribution in [-0.2, 0) is 0 Å². The maximum Gasteiger partial charge on any atom is 0.0319 e. The average molecular weight is 262 g/mol. The monoisotopic (exact) mass is 261 g/mol. The first-order valence-electron chi connectivity index (χ1n) is 5.67. The van der Waals surface area contributed by atoms with Crippen LogP contribution >= 0.6 is 24.8 Å². The van der Waals surface area contributed by atoms with E-state index >= 15 is 0 Å². The Morgan fingerprint density at radius 3 is 2.06 bits per heavy atom. The molecule has 0 aliphatic carbocycles. The van der Waals surface area contributed by atoms with Gasteiger partial charge in [0.05, 0.1) is 0 Å². The summed E-state index contributed by atoms with van der Waals surface area (Å²) in [6.45, 7) is 4.87. The van der Waals surface area contributed by atoms with E-state index in [4.69, 9.17) is 0 Å². The summed E-state index contributed by atoms with van der Waals surface area (Å²) in [7, 11) is 0. The fourth-order valence-electron chi connectivity index (χ4n) is 2.25. The van der Waals surface area contributed by atoms with Crippen molar-refractivity contribution in [3.63, 3.8) is 0 Å². The van der Waals surface area contributed by atoms with E-state index in [-0.39, 0.29) is 24.8 Å².